The Labute approximate surface area is 305 Å². The number of benzene rings is 2. The molecule has 0 amide bonds. The minimum Gasteiger partial charge on any atom is -0.508 e. The van der Waals surface area contributed by atoms with Crippen LogP contribution in [0.15, 0.2) is 42.6 Å². The third kappa shape index (κ3) is 8.01. The second-order valence-corrected chi connectivity index (χ2v) is 15.1. The molecule has 3 fully saturated rings. The second kappa shape index (κ2) is 16.1. The number of phenols is 1. The summed E-state index contributed by atoms with van der Waals surface area (Å²) in [5.74, 6) is 1.57. The maximum Gasteiger partial charge on any atom is 0.319 e. The summed E-state index contributed by atoms with van der Waals surface area (Å²) in [4.78, 5) is 18.7. The number of likely N-dealkylation sites (tertiary alicyclic amines) is 1. The van der Waals surface area contributed by atoms with E-state index in [1.165, 1.54) is 81.2 Å². The zero-order chi connectivity index (χ0) is 36.2. The van der Waals surface area contributed by atoms with E-state index < -0.39 is 11.6 Å². The number of ether oxygens (including phenoxy) is 1. The highest BCUT2D eigenvalue weighted by Gasteiger charge is 2.35. The van der Waals surface area contributed by atoms with Crippen LogP contribution in [0.1, 0.15) is 89.5 Å². The van der Waals surface area contributed by atoms with Crippen LogP contribution < -0.4 is 15.0 Å². The Morgan fingerprint density at radius 3 is 2.46 bits per heavy atom. The molecule has 2 aromatic carbocycles. The number of piperazine rings is 1. The van der Waals surface area contributed by atoms with Gasteiger partial charge in [-0.05, 0) is 75.6 Å². The van der Waals surface area contributed by atoms with Gasteiger partial charge in [-0.25, -0.2) is 8.78 Å². The number of terminal acetylenes is 1. The maximum absolute atomic E-state index is 16.9. The molecular weight excluding hydrogens is 658 g/mol. The summed E-state index contributed by atoms with van der Waals surface area (Å²) in [7, 11) is 0. The maximum atomic E-state index is 16.9. The van der Waals surface area contributed by atoms with Gasteiger partial charge >= 0.3 is 6.01 Å². The largest absolute Gasteiger partial charge is 0.508 e. The second-order valence-electron chi connectivity index (χ2n) is 15.1. The first kappa shape index (κ1) is 36.0. The van der Waals surface area contributed by atoms with Gasteiger partial charge < -0.3 is 20.1 Å². The van der Waals surface area contributed by atoms with E-state index in [-0.39, 0.29) is 40.2 Å². The Bertz CT molecular complexity index is 1970. The fraction of sp³-hybridized carbons (Fsp3) is 0.500. The van der Waals surface area contributed by atoms with Crippen LogP contribution in [0.5, 0.6) is 11.8 Å². The van der Waals surface area contributed by atoms with Gasteiger partial charge in [-0.15, -0.1) is 13.0 Å². The van der Waals surface area contributed by atoms with Crippen molar-refractivity contribution in [3.05, 3.63) is 59.8 Å². The van der Waals surface area contributed by atoms with Crippen molar-refractivity contribution in [3.8, 4) is 35.4 Å². The Balaban J connectivity index is 1.09. The topological polar surface area (TPSA) is 86.6 Å². The lowest BCUT2D eigenvalue weighted by Crippen LogP contribution is -2.51. The lowest BCUT2D eigenvalue weighted by atomic mass is 9.96. The first-order chi connectivity index (χ1) is 25.3. The van der Waals surface area contributed by atoms with Crippen molar-refractivity contribution >= 4 is 27.5 Å². The number of hydrogen-bond donors (Lipinski definition) is 2. The summed E-state index contributed by atoms with van der Waals surface area (Å²) in [6.45, 7) is 10.3. The van der Waals surface area contributed by atoms with Crippen molar-refractivity contribution in [1.29, 1.82) is 0 Å². The Morgan fingerprint density at radius 2 is 1.73 bits per heavy atom. The Morgan fingerprint density at radius 1 is 1.00 bits per heavy atom. The number of hydrogen-bond acceptors (Lipinski definition) is 8. The highest BCUT2D eigenvalue weighted by molar-refractivity contribution is 6.03. The van der Waals surface area contributed by atoms with Gasteiger partial charge in [0.05, 0.1) is 10.9 Å². The van der Waals surface area contributed by atoms with Gasteiger partial charge in [0.25, 0.3) is 0 Å². The summed E-state index contributed by atoms with van der Waals surface area (Å²) in [5.41, 5.74) is 1.44. The van der Waals surface area contributed by atoms with E-state index in [4.69, 9.17) is 16.1 Å². The molecule has 0 saturated carbocycles. The number of unbranched alkanes of at least 4 members (excludes halogenated alkanes) is 7. The van der Waals surface area contributed by atoms with E-state index in [1.807, 2.05) is 0 Å². The summed E-state index contributed by atoms with van der Waals surface area (Å²) < 4.78 is 38.2. The van der Waals surface area contributed by atoms with Crippen LogP contribution in [0.4, 0.5) is 14.6 Å². The number of halogens is 2. The lowest BCUT2D eigenvalue weighted by molar-refractivity contribution is 0.185. The van der Waals surface area contributed by atoms with Crippen molar-refractivity contribution in [1.82, 2.24) is 25.2 Å². The van der Waals surface area contributed by atoms with Gasteiger partial charge in [0.15, 0.2) is 5.82 Å². The number of fused-ring (bicyclic) bond motifs is 4. The molecule has 274 valence electrons. The molecule has 10 heteroatoms. The SMILES string of the molecule is C#Cc1c(F)ccc2cc(O)cc(-c3ncc4c(N5CC6CCC(C5)N6)nc(OC5CCN(CCCCCCCCCCC(=C)C)C5)nc4c3F)c12. The van der Waals surface area contributed by atoms with Gasteiger partial charge in [0.2, 0.25) is 0 Å². The van der Waals surface area contributed by atoms with Crippen molar-refractivity contribution in [2.24, 2.45) is 0 Å². The summed E-state index contributed by atoms with van der Waals surface area (Å²) in [5, 5.41) is 15.5. The average molecular weight is 709 g/mol. The molecule has 8 nitrogen and oxygen atoms in total. The lowest BCUT2D eigenvalue weighted by Gasteiger charge is -2.34. The van der Waals surface area contributed by atoms with Crippen molar-refractivity contribution in [3.63, 3.8) is 0 Å². The quantitative estimate of drug-likeness (QED) is 0.0725. The minimum atomic E-state index is -0.705. The van der Waals surface area contributed by atoms with Gasteiger partial charge in [0.1, 0.15) is 34.7 Å². The normalized spacial score (nSPS) is 20.2. The van der Waals surface area contributed by atoms with Crippen LogP contribution in [-0.2, 0) is 0 Å². The molecule has 2 N–H and O–H groups in total. The fourth-order valence-corrected chi connectivity index (χ4v) is 8.29. The minimum absolute atomic E-state index is 0.0201. The summed E-state index contributed by atoms with van der Waals surface area (Å²) >= 11 is 0. The molecule has 2 aromatic heterocycles. The van der Waals surface area contributed by atoms with E-state index in [0.29, 0.717) is 34.1 Å². The first-order valence-corrected chi connectivity index (χ1v) is 19.1. The monoisotopic (exact) mass is 708 g/mol. The summed E-state index contributed by atoms with van der Waals surface area (Å²) in [6.07, 6.45) is 21.5. The predicted molar refractivity (Wildman–Crippen MR) is 204 cm³/mol. The standard InChI is InChI=1S/C42H50F2N6O2/c1-4-33-36(43)17-14-28-21-31(51)22-34(37(28)33)39-38(44)40-35(23-45-39)41(50-24-29-15-16-30(25-50)46-29)48-42(47-40)52-32-18-20-49(26-32)19-12-10-8-6-5-7-9-11-13-27(2)3/h1,14,17,21-23,29-30,32,46,51H,2,5-13,15-16,18-20,24-26H2,3H3. The first-order valence-electron chi connectivity index (χ1n) is 19.1. The van der Waals surface area contributed by atoms with Crippen LogP contribution in [0.3, 0.4) is 0 Å². The van der Waals surface area contributed by atoms with E-state index in [0.717, 1.165) is 58.4 Å². The zero-order valence-electron chi connectivity index (χ0n) is 30.3. The smallest absolute Gasteiger partial charge is 0.319 e. The number of allylic oxidation sites excluding steroid dienone is 1. The number of phenolic OH excluding ortho intramolecular Hbond substituents is 1. The van der Waals surface area contributed by atoms with Gasteiger partial charge in [-0.3, -0.25) is 9.88 Å². The molecule has 52 heavy (non-hydrogen) atoms. The Kier molecular flexibility index (Phi) is 11.2. The van der Waals surface area contributed by atoms with Gasteiger partial charge in [-0.1, -0.05) is 56.1 Å². The highest BCUT2D eigenvalue weighted by Crippen LogP contribution is 2.39. The average Bonchev–Trinajstić information content (AvgIpc) is 3.72. The molecule has 7 rings (SSSR count). The third-order valence-corrected chi connectivity index (χ3v) is 10.9. The van der Waals surface area contributed by atoms with Crippen molar-refractivity contribution in [2.45, 2.75) is 102 Å². The molecular formula is C42H50F2N6O2. The number of nitrogens with one attached hydrogen (secondary N) is 1. The predicted octanol–water partition coefficient (Wildman–Crippen LogP) is 8.29. The molecule has 4 aromatic rings. The zero-order valence-corrected chi connectivity index (χ0v) is 30.3. The van der Waals surface area contributed by atoms with Crippen LogP contribution in [0, 0.1) is 24.0 Å². The molecule has 5 heterocycles. The van der Waals surface area contributed by atoms with Crippen molar-refractivity contribution < 1.29 is 18.6 Å². The number of nitrogens with zero attached hydrogens (tertiary/aromatic N) is 5. The van der Waals surface area contributed by atoms with Gasteiger partial charge in [-0.2, -0.15) is 9.97 Å². The van der Waals surface area contributed by atoms with Crippen molar-refractivity contribution in [2.75, 3.05) is 37.6 Å². The molecule has 3 atom stereocenters. The number of pyridine rings is 1. The third-order valence-electron chi connectivity index (χ3n) is 10.9. The number of anilines is 1. The van der Waals surface area contributed by atoms with Crippen LogP contribution in [-0.4, -0.2) is 75.9 Å². The molecule has 3 aliphatic rings. The molecule has 0 aliphatic carbocycles. The van der Waals surface area contributed by atoms with Crippen LogP contribution >= 0.6 is 0 Å². The van der Waals surface area contributed by atoms with E-state index >= 15 is 4.39 Å². The van der Waals surface area contributed by atoms with E-state index in [2.05, 4.69) is 44.5 Å². The number of aromatic nitrogens is 3. The molecule has 0 radical (unpaired) electrons. The van der Waals surface area contributed by atoms with E-state index in [9.17, 15) is 9.50 Å². The fourth-order valence-electron chi connectivity index (χ4n) is 8.29. The van der Waals surface area contributed by atoms with Crippen LogP contribution in [0.25, 0.3) is 32.9 Å². The molecule has 2 bridgehead atoms. The molecule has 3 unspecified atom stereocenters. The molecule has 3 aliphatic heterocycles. The number of aromatic hydroxyl groups is 1. The van der Waals surface area contributed by atoms with Crippen LogP contribution in [0.2, 0.25) is 0 Å². The number of rotatable bonds is 15. The summed E-state index contributed by atoms with van der Waals surface area (Å²) in [6, 6.07) is 6.39. The van der Waals surface area contributed by atoms with Gasteiger partial charge in [0, 0.05) is 55.4 Å². The molecule has 0 spiro atoms. The molecule has 3 saturated heterocycles. The van der Waals surface area contributed by atoms with E-state index in [1.54, 1.807) is 6.20 Å². The Hall–Kier alpha value is -4.33. The highest BCUT2D eigenvalue weighted by atomic mass is 19.1.